The van der Waals surface area contributed by atoms with Gasteiger partial charge in [0.2, 0.25) is 0 Å². The van der Waals surface area contributed by atoms with Crippen LogP contribution in [0, 0.1) is 0 Å². The van der Waals surface area contributed by atoms with E-state index in [2.05, 4.69) is 0 Å². The molecular formula is C30H38O13. The molecule has 5 rings (SSSR count). The van der Waals surface area contributed by atoms with Crippen LogP contribution in [0.15, 0.2) is 30.3 Å². The molecule has 3 aliphatic rings. The Labute approximate surface area is 247 Å². The third kappa shape index (κ3) is 6.23. The van der Waals surface area contributed by atoms with Gasteiger partial charge >= 0.3 is 0 Å². The highest BCUT2D eigenvalue weighted by Crippen LogP contribution is 2.40. The van der Waals surface area contributed by atoms with Crippen molar-refractivity contribution in [1.29, 1.82) is 0 Å². The first kappa shape index (κ1) is 31.6. The van der Waals surface area contributed by atoms with Crippen LogP contribution in [0.2, 0.25) is 0 Å². The number of hydrogen-bond donors (Lipinski definition) is 8. The molecule has 8 N–H and O–H groups in total. The van der Waals surface area contributed by atoms with Gasteiger partial charge in [0.05, 0.1) is 31.5 Å². The number of benzene rings is 2. The molecule has 11 atom stereocenters. The van der Waals surface area contributed by atoms with Crippen LogP contribution in [0.25, 0.3) is 0 Å². The van der Waals surface area contributed by atoms with Gasteiger partial charge in [0.15, 0.2) is 23.6 Å². The van der Waals surface area contributed by atoms with Crippen LogP contribution in [0.5, 0.6) is 17.2 Å². The molecule has 0 aromatic heterocycles. The lowest BCUT2D eigenvalue weighted by atomic mass is 9.78. The van der Waals surface area contributed by atoms with E-state index in [-0.39, 0.29) is 48.2 Å². The average Bonchev–Trinajstić information content (AvgIpc) is 2.97. The number of ketones is 1. The predicted octanol–water partition coefficient (Wildman–Crippen LogP) is -0.744. The summed E-state index contributed by atoms with van der Waals surface area (Å²) >= 11 is 0. The Morgan fingerprint density at radius 2 is 1.51 bits per heavy atom. The zero-order valence-corrected chi connectivity index (χ0v) is 23.7. The fourth-order valence-electron chi connectivity index (χ4n) is 6.12. The second kappa shape index (κ2) is 12.6. The average molecular weight is 607 g/mol. The van der Waals surface area contributed by atoms with Crippen molar-refractivity contribution in [1.82, 2.24) is 0 Å². The lowest BCUT2D eigenvalue weighted by molar-refractivity contribution is -0.308. The highest BCUT2D eigenvalue weighted by atomic mass is 16.7. The zero-order valence-electron chi connectivity index (χ0n) is 23.7. The van der Waals surface area contributed by atoms with E-state index in [0.29, 0.717) is 23.3 Å². The number of aliphatic hydroxyl groups is 6. The summed E-state index contributed by atoms with van der Waals surface area (Å²) in [5.74, 6) is -0.486. The van der Waals surface area contributed by atoms with Crippen LogP contribution in [0.1, 0.15) is 46.3 Å². The molecule has 2 aliphatic heterocycles. The number of fused-ring (bicyclic) bond motifs is 1. The van der Waals surface area contributed by atoms with Crippen molar-refractivity contribution in [3.8, 4) is 17.2 Å². The van der Waals surface area contributed by atoms with E-state index in [0.717, 1.165) is 5.56 Å². The number of ether oxygens (including phenoxy) is 4. The third-order valence-electron chi connectivity index (χ3n) is 8.59. The lowest BCUT2D eigenvalue weighted by Gasteiger charge is -2.42. The van der Waals surface area contributed by atoms with Crippen LogP contribution in [-0.4, -0.2) is 122 Å². The Hall–Kier alpha value is -2.85. The first-order valence-electron chi connectivity index (χ1n) is 14.1. The van der Waals surface area contributed by atoms with Gasteiger partial charge in [0.25, 0.3) is 0 Å². The van der Waals surface area contributed by atoms with Crippen molar-refractivity contribution < 1.29 is 64.6 Å². The zero-order chi connectivity index (χ0) is 31.2. The van der Waals surface area contributed by atoms with Crippen LogP contribution < -0.4 is 4.74 Å². The lowest BCUT2D eigenvalue weighted by Crippen LogP contribution is -2.61. The SMILES string of the molecule is COc1ccc(C2CC(=O)c3c(O)cc(CC4OC(COC5OC(C)C(O)C(O)C5O)C(O)C(O)C4O)cc3C2)cc1O. The number of phenolic OH excluding ortho intramolecular Hbond substituents is 2. The molecule has 13 nitrogen and oxygen atoms in total. The van der Waals surface area contributed by atoms with Gasteiger partial charge in [-0.05, 0) is 54.2 Å². The minimum atomic E-state index is -1.61. The van der Waals surface area contributed by atoms with Gasteiger partial charge in [-0.2, -0.15) is 0 Å². The number of hydrogen-bond acceptors (Lipinski definition) is 13. The molecule has 0 radical (unpaired) electrons. The monoisotopic (exact) mass is 606 g/mol. The molecule has 2 fully saturated rings. The van der Waals surface area contributed by atoms with Gasteiger partial charge in [-0.15, -0.1) is 0 Å². The summed E-state index contributed by atoms with van der Waals surface area (Å²) in [6.45, 7) is 1.10. The smallest absolute Gasteiger partial charge is 0.186 e. The maximum Gasteiger partial charge on any atom is 0.186 e. The molecule has 1 aliphatic carbocycles. The van der Waals surface area contributed by atoms with Crippen molar-refractivity contribution in [3.05, 3.63) is 52.6 Å². The van der Waals surface area contributed by atoms with Crippen LogP contribution in [0.4, 0.5) is 0 Å². The van der Waals surface area contributed by atoms with Crippen LogP contribution >= 0.6 is 0 Å². The molecule has 2 heterocycles. The van der Waals surface area contributed by atoms with Crippen molar-refractivity contribution in [3.63, 3.8) is 0 Å². The molecule has 0 saturated carbocycles. The highest BCUT2D eigenvalue weighted by molar-refractivity contribution is 6.01. The number of carbonyl (C=O) groups excluding carboxylic acids is 1. The van der Waals surface area contributed by atoms with Crippen molar-refractivity contribution in [2.24, 2.45) is 0 Å². The summed E-state index contributed by atoms with van der Waals surface area (Å²) in [7, 11) is 1.44. The molecule has 13 heteroatoms. The van der Waals surface area contributed by atoms with E-state index in [1.165, 1.54) is 20.1 Å². The van der Waals surface area contributed by atoms with E-state index in [1.54, 1.807) is 24.3 Å². The number of phenols is 2. The number of Topliss-reactive ketones (excluding diaryl/α,β-unsaturated/α-hetero) is 1. The summed E-state index contributed by atoms with van der Waals surface area (Å²) in [4.78, 5) is 13.0. The predicted molar refractivity (Wildman–Crippen MR) is 147 cm³/mol. The molecule has 236 valence electrons. The molecule has 0 bridgehead atoms. The van der Waals surface area contributed by atoms with E-state index in [9.17, 15) is 45.6 Å². The fraction of sp³-hybridized carbons (Fsp3) is 0.567. The van der Waals surface area contributed by atoms with E-state index in [1.807, 2.05) is 0 Å². The quantitative estimate of drug-likeness (QED) is 0.195. The first-order valence-corrected chi connectivity index (χ1v) is 14.1. The van der Waals surface area contributed by atoms with Gasteiger partial charge in [-0.3, -0.25) is 4.79 Å². The molecule has 43 heavy (non-hydrogen) atoms. The number of aliphatic hydroxyl groups excluding tert-OH is 6. The molecule has 0 spiro atoms. The number of carbonyl (C=O) groups is 1. The Morgan fingerprint density at radius 3 is 2.21 bits per heavy atom. The maximum absolute atomic E-state index is 13.0. The molecule has 11 unspecified atom stereocenters. The van der Waals surface area contributed by atoms with Gasteiger partial charge in [0.1, 0.15) is 48.5 Å². The Kier molecular flexibility index (Phi) is 9.28. The highest BCUT2D eigenvalue weighted by Gasteiger charge is 2.46. The van der Waals surface area contributed by atoms with Crippen molar-refractivity contribution in [2.75, 3.05) is 13.7 Å². The molecular weight excluding hydrogens is 568 g/mol. The Bertz CT molecular complexity index is 1320. The van der Waals surface area contributed by atoms with Crippen LogP contribution in [0.3, 0.4) is 0 Å². The van der Waals surface area contributed by atoms with Gasteiger partial charge in [-0.25, -0.2) is 0 Å². The van der Waals surface area contributed by atoms with E-state index < -0.39 is 61.2 Å². The maximum atomic E-state index is 13.0. The summed E-state index contributed by atoms with van der Waals surface area (Å²) in [6, 6.07) is 8.06. The second-order valence-electron chi connectivity index (χ2n) is 11.5. The minimum Gasteiger partial charge on any atom is -0.507 e. The normalized spacial score (nSPS) is 36.3. The number of rotatable bonds is 7. The van der Waals surface area contributed by atoms with Gasteiger partial charge < -0.3 is 59.8 Å². The Morgan fingerprint density at radius 1 is 0.814 bits per heavy atom. The summed E-state index contributed by atoms with van der Waals surface area (Å²) in [5, 5.41) is 82.9. The molecule has 2 aromatic rings. The minimum absolute atomic E-state index is 0.00500. The van der Waals surface area contributed by atoms with Gasteiger partial charge in [0, 0.05) is 12.8 Å². The van der Waals surface area contributed by atoms with Crippen molar-refractivity contribution >= 4 is 5.78 Å². The van der Waals surface area contributed by atoms with E-state index >= 15 is 0 Å². The van der Waals surface area contributed by atoms with Crippen LogP contribution in [-0.2, 0) is 27.1 Å². The summed E-state index contributed by atoms with van der Waals surface area (Å²) < 4.78 is 21.9. The standard InChI is InChI=1S/C30H38O13/c1-12-24(34)27(37)29(39)30(42-12)41-11-22-26(36)28(38)25(35)21(43-22)7-13-5-16-8-15(10-19(33)23(16)18(32)6-13)14-3-4-20(40-2)17(31)9-14/h3-6,9,12,15,21-22,24-32,34-39H,7-8,10-11H2,1-2H3. The third-order valence-corrected chi connectivity index (χ3v) is 8.59. The number of methoxy groups -OCH3 is 1. The molecule has 2 aromatic carbocycles. The molecule has 2 saturated heterocycles. The first-order chi connectivity index (χ1) is 20.4. The second-order valence-corrected chi connectivity index (χ2v) is 11.5. The fourth-order valence-corrected chi connectivity index (χ4v) is 6.12. The summed E-state index contributed by atoms with van der Waals surface area (Å²) in [5.41, 5.74) is 2.02. The largest absolute Gasteiger partial charge is 0.507 e. The van der Waals surface area contributed by atoms with Gasteiger partial charge in [-0.1, -0.05) is 12.1 Å². The topological polar surface area (TPSA) is 216 Å². The van der Waals surface area contributed by atoms with Crippen molar-refractivity contribution in [2.45, 2.75) is 93.3 Å². The Balaban J connectivity index is 1.30. The van der Waals surface area contributed by atoms with E-state index in [4.69, 9.17) is 18.9 Å². The molecule has 0 amide bonds. The number of aromatic hydroxyl groups is 2. The summed E-state index contributed by atoms with van der Waals surface area (Å²) in [6.07, 6.45) is -13.0.